The monoisotopic (exact) mass is 238 g/mol. The van der Waals surface area contributed by atoms with Gasteiger partial charge in [-0.15, -0.1) is 0 Å². The highest BCUT2D eigenvalue weighted by Gasteiger charge is 2.14. The zero-order valence-corrected chi connectivity index (χ0v) is 10.1. The summed E-state index contributed by atoms with van der Waals surface area (Å²) >= 11 is 0. The zero-order chi connectivity index (χ0) is 12.8. The fourth-order valence-corrected chi connectivity index (χ4v) is 1.57. The third-order valence-corrected chi connectivity index (χ3v) is 2.45. The first-order valence-electron chi connectivity index (χ1n) is 5.47. The average molecular weight is 238 g/mol. The molecule has 0 atom stereocenters. The maximum atomic E-state index is 12.1. The Morgan fingerprint density at radius 3 is 2.71 bits per heavy atom. The van der Waals surface area contributed by atoms with E-state index in [1.54, 1.807) is 23.1 Å². The molecule has 0 unspecified atom stereocenters. The summed E-state index contributed by atoms with van der Waals surface area (Å²) in [7, 11) is 1.52. The van der Waals surface area contributed by atoms with Crippen molar-refractivity contribution >= 4 is 11.6 Å². The van der Waals surface area contributed by atoms with Gasteiger partial charge in [-0.2, -0.15) is 0 Å². The van der Waals surface area contributed by atoms with Crippen molar-refractivity contribution in [1.29, 1.82) is 0 Å². The molecule has 0 heterocycles. The molecule has 0 bridgehead atoms. The number of aliphatic hydroxyl groups excluding tert-OH is 1. The smallest absolute Gasteiger partial charge is 0.254 e. The Kier molecular flexibility index (Phi) is 4.78. The standard InChI is InChI=1S/C12H18N2O3/c1-3-14(4-5-15)12(16)9-6-10(13)8-11(7-9)17-2/h6-8,15H,3-5,13H2,1-2H3. The first-order chi connectivity index (χ1) is 8.12. The number of carbonyl (C=O) groups is 1. The van der Waals surface area contributed by atoms with Crippen LogP contribution in [0.3, 0.4) is 0 Å². The number of anilines is 1. The molecule has 1 aromatic rings. The van der Waals surface area contributed by atoms with Gasteiger partial charge in [0.2, 0.25) is 0 Å². The van der Waals surface area contributed by atoms with Crippen molar-refractivity contribution in [2.24, 2.45) is 0 Å². The summed E-state index contributed by atoms with van der Waals surface area (Å²) in [5, 5.41) is 8.88. The lowest BCUT2D eigenvalue weighted by molar-refractivity contribution is 0.0731. The summed E-state index contributed by atoms with van der Waals surface area (Å²) in [4.78, 5) is 13.6. The molecular formula is C12H18N2O3. The highest BCUT2D eigenvalue weighted by molar-refractivity contribution is 5.95. The van der Waals surface area contributed by atoms with Crippen molar-refractivity contribution in [1.82, 2.24) is 4.90 Å². The van der Waals surface area contributed by atoms with E-state index in [9.17, 15) is 4.79 Å². The topological polar surface area (TPSA) is 75.8 Å². The second-order valence-electron chi connectivity index (χ2n) is 3.60. The van der Waals surface area contributed by atoms with Crippen molar-refractivity contribution in [3.05, 3.63) is 23.8 Å². The number of hydrogen-bond donors (Lipinski definition) is 2. The van der Waals surface area contributed by atoms with Gasteiger partial charge in [0, 0.05) is 30.4 Å². The fourth-order valence-electron chi connectivity index (χ4n) is 1.57. The average Bonchev–Trinajstić information content (AvgIpc) is 2.34. The van der Waals surface area contributed by atoms with Gasteiger partial charge in [-0.05, 0) is 19.1 Å². The summed E-state index contributed by atoms with van der Waals surface area (Å²) in [6, 6.07) is 4.89. The number of hydrogen-bond acceptors (Lipinski definition) is 4. The van der Waals surface area contributed by atoms with Crippen LogP contribution in [0.1, 0.15) is 17.3 Å². The quantitative estimate of drug-likeness (QED) is 0.741. The molecule has 0 saturated carbocycles. The second kappa shape index (κ2) is 6.10. The SMILES string of the molecule is CCN(CCO)C(=O)c1cc(N)cc(OC)c1. The molecule has 1 rings (SSSR count). The molecule has 5 heteroatoms. The molecule has 3 N–H and O–H groups in total. The van der Waals surface area contributed by atoms with Gasteiger partial charge in [-0.1, -0.05) is 0 Å². The zero-order valence-electron chi connectivity index (χ0n) is 10.1. The number of methoxy groups -OCH3 is 1. The maximum Gasteiger partial charge on any atom is 0.254 e. The van der Waals surface area contributed by atoms with Crippen LogP contribution in [0.5, 0.6) is 5.75 Å². The van der Waals surface area contributed by atoms with Crippen molar-refractivity contribution in [2.45, 2.75) is 6.92 Å². The molecule has 17 heavy (non-hydrogen) atoms. The Bertz CT molecular complexity index is 393. The minimum absolute atomic E-state index is 0.0565. The van der Waals surface area contributed by atoms with E-state index in [4.69, 9.17) is 15.6 Å². The fraction of sp³-hybridized carbons (Fsp3) is 0.417. The number of nitrogen functional groups attached to an aromatic ring is 1. The lowest BCUT2D eigenvalue weighted by atomic mass is 10.1. The van der Waals surface area contributed by atoms with Gasteiger partial charge in [0.25, 0.3) is 5.91 Å². The number of rotatable bonds is 5. The number of nitrogens with two attached hydrogens (primary N) is 1. The van der Waals surface area contributed by atoms with Gasteiger partial charge in [0.1, 0.15) is 5.75 Å². The highest BCUT2D eigenvalue weighted by atomic mass is 16.5. The van der Waals surface area contributed by atoms with Crippen LogP contribution in [0.15, 0.2) is 18.2 Å². The molecule has 0 aliphatic rings. The number of ether oxygens (including phenoxy) is 1. The molecule has 94 valence electrons. The third kappa shape index (κ3) is 3.35. The summed E-state index contributed by atoms with van der Waals surface area (Å²) < 4.78 is 5.06. The molecule has 1 amide bonds. The van der Waals surface area contributed by atoms with Crippen molar-refractivity contribution in [3.63, 3.8) is 0 Å². The van der Waals surface area contributed by atoms with Crippen LogP contribution in [0, 0.1) is 0 Å². The number of nitrogens with zero attached hydrogens (tertiary/aromatic N) is 1. The Labute approximate surface area is 101 Å². The number of benzene rings is 1. The van der Waals surface area contributed by atoms with Gasteiger partial charge >= 0.3 is 0 Å². The number of carbonyl (C=O) groups excluding carboxylic acids is 1. The minimum Gasteiger partial charge on any atom is -0.497 e. The molecule has 0 aliphatic carbocycles. The maximum absolute atomic E-state index is 12.1. The van der Waals surface area contributed by atoms with E-state index in [1.807, 2.05) is 6.92 Å². The number of likely N-dealkylation sites (N-methyl/N-ethyl adjacent to an activating group) is 1. The summed E-state index contributed by atoms with van der Waals surface area (Å²) in [6.45, 7) is 2.65. The first kappa shape index (κ1) is 13.3. The molecule has 0 radical (unpaired) electrons. The molecule has 1 aromatic carbocycles. The normalized spacial score (nSPS) is 10.1. The predicted molar refractivity (Wildman–Crippen MR) is 66.1 cm³/mol. The van der Waals surface area contributed by atoms with E-state index in [0.29, 0.717) is 30.1 Å². The van der Waals surface area contributed by atoms with Crippen LogP contribution < -0.4 is 10.5 Å². The van der Waals surface area contributed by atoms with E-state index in [1.165, 1.54) is 7.11 Å². The van der Waals surface area contributed by atoms with E-state index in [2.05, 4.69) is 0 Å². The van der Waals surface area contributed by atoms with Crippen LogP contribution in [-0.4, -0.2) is 42.7 Å². The van der Waals surface area contributed by atoms with Gasteiger partial charge < -0.3 is 20.5 Å². The Balaban J connectivity index is 2.97. The highest BCUT2D eigenvalue weighted by Crippen LogP contribution is 2.19. The van der Waals surface area contributed by atoms with Crippen LogP contribution in [0.25, 0.3) is 0 Å². The van der Waals surface area contributed by atoms with Gasteiger partial charge in [0.15, 0.2) is 0 Å². The van der Waals surface area contributed by atoms with Gasteiger partial charge in [-0.3, -0.25) is 4.79 Å². The Morgan fingerprint density at radius 2 is 2.18 bits per heavy atom. The molecule has 0 fully saturated rings. The molecule has 0 aromatic heterocycles. The molecule has 0 aliphatic heterocycles. The van der Waals surface area contributed by atoms with E-state index >= 15 is 0 Å². The van der Waals surface area contributed by atoms with Crippen molar-refractivity contribution in [2.75, 3.05) is 32.5 Å². The van der Waals surface area contributed by atoms with Crippen LogP contribution in [-0.2, 0) is 0 Å². The van der Waals surface area contributed by atoms with E-state index in [-0.39, 0.29) is 12.5 Å². The van der Waals surface area contributed by atoms with Crippen LogP contribution >= 0.6 is 0 Å². The largest absolute Gasteiger partial charge is 0.497 e. The van der Waals surface area contributed by atoms with Gasteiger partial charge in [-0.25, -0.2) is 0 Å². The molecule has 0 spiro atoms. The van der Waals surface area contributed by atoms with Crippen molar-refractivity contribution in [3.8, 4) is 5.75 Å². The van der Waals surface area contributed by atoms with Crippen LogP contribution in [0.2, 0.25) is 0 Å². The summed E-state index contributed by atoms with van der Waals surface area (Å²) in [5.74, 6) is 0.389. The van der Waals surface area contributed by atoms with Gasteiger partial charge in [0.05, 0.1) is 13.7 Å². The van der Waals surface area contributed by atoms with E-state index < -0.39 is 0 Å². The van der Waals surface area contributed by atoms with Crippen LogP contribution in [0.4, 0.5) is 5.69 Å². The second-order valence-corrected chi connectivity index (χ2v) is 3.60. The summed E-state index contributed by atoms with van der Waals surface area (Å²) in [6.07, 6.45) is 0. The molecular weight excluding hydrogens is 220 g/mol. The number of amides is 1. The summed E-state index contributed by atoms with van der Waals surface area (Å²) in [5.41, 5.74) is 6.64. The molecule has 5 nitrogen and oxygen atoms in total. The lowest BCUT2D eigenvalue weighted by Crippen LogP contribution is -2.33. The van der Waals surface area contributed by atoms with E-state index in [0.717, 1.165) is 0 Å². The van der Waals surface area contributed by atoms with Crippen molar-refractivity contribution < 1.29 is 14.6 Å². The minimum atomic E-state index is -0.160. The first-order valence-corrected chi connectivity index (χ1v) is 5.47. The Morgan fingerprint density at radius 1 is 1.47 bits per heavy atom. The Hall–Kier alpha value is -1.75. The lowest BCUT2D eigenvalue weighted by Gasteiger charge is -2.20. The third-order valence-electron chi connectivity index (χ3n) is 2.45. The number of aliphatic hydroxyl groups is 1. The predicted octanol–water partition coefficient (Wildman–Crippen LogP) is 0.732. The molecule has 0 saturated heterocycles.